The number of aromatic nitrogens is 2. The minimum Gasteiger partial charge on any atom is -0.381 e. The van der Waals surface area contributed by atoms with E-state index in [0.29, 0.717) is 5.92 Å². The Bertz CT molecular complexity index is 323. The summed E-state index contributed by atoms with van der Waals surface area (Å²) in [5.74, 6) is 1.36. The molecule has 0 aliphatic carbocycles. The van der Waals surface area contributed by atoms with Crippen LogP contribution in [0.15, 0.2) is 12.3 Å². The molecule has 0 spiro atoms. The minimum atomic E-state index is 0.286. The summed E-state index contributed by atoms with van der Waals surface area (Å²) in [6.45, 7) is 3.61. The Morgan fingerprint density at radius 3 is 3.07 bits per heavy atom. The molecule has 1 N–H and O–H groups in total. The van der Waals surface area contributed by atoms with Crippen LogP contribution in [0.4, 0.5) is 0 Å². The van der Waals surface area contributed by atoms with E-state index in [1.54, 1.807) is 0 Å². The molecule has 1 aromatic heterocycles. The lowest BCUT2D eigenvalue weighted by Gasteiger charge is -2.21. The van der Waals surface area contributed by atoms with Crippen LogP contribution >= 0.6 is 0 Å². The number of ether oxygens (including phenoxy) is 1. The highest BCUT2D eigenvalue weighted by Crippen LogP contribution is 2.26. The van der Waals surface area contributed by atoms with Crippen LogP contribution in [0.5, 0.6) is 0 Å². The summed E-state index contributed by atoms with van der Waals surface area (Å²) in [7, 11) is 1.97. The number of nitrogens with one attached hydrogen (secondary N) is 1. The lowest BCUT2D eigenvalue weighted by Crippen LogP contribution is -2.26. The molecule has 4 nitrogen and oxygen atoms in total. The summed E-state index contributed by atoms with van der Waals surface area (Å²) in [4.78, 5) is 8.57. The molecular formula is C11H17N3O. The number of rotatable bonds is 3. The Hall–Kier alpha value is -1.00. The topological polar surface area (TPSA) is 47.0 Å². The maximum atomic E-state index is 5.41. The van der Waals surface area contributed by atoms with Gasteiger partial charge in [-0.1, -0.05) is 0 Å². The smallest absolute Gasteiger partial charge is 0.125 e. The van der Waals surface area contributed by atoms with Crippen LogP contribution in [0.1, 0.15) is 24.0 Å². The third-order valence-corrected chi connectivity index (χ3v) is 2.86. The summed E-state index contributed by atoms with van der Waals surface area (Å²) in [5, 5.41) is 3.32. The average Bonchev–Trinajstić information content (AvgIpc) is 2.72. The summed E-state index contributed by atoms with van der Waals surface area (Å²) in [6.07, 6.45) is 2.92. The van der Waals surface area contributed by atoms with Crippen molar-refractivity contribution in [2.45, 2.75) is 19.4 Å². The van der Waals surface area contributed by atoms with E-state index in [9.17, 15) is 0 Å². The number of hydrogen-bond acceptors (Lipinski definition) is 4. The quantitative estimate of drug-likeness (QED) is 0.805. The molecule has 0 amide bonds. The van der Waals surface area contributed by atoms with Crippen LogP contribution < -0.4 is 5.32 Å². The van der Waals surface area contributed by atoms with Gasteiger partial charge in [0.25, 0.3) is 0 Å². The van der Waals surface area contributed by atoms with E-state index in [4.69, 9.17) is 4.74 Å². The van der Waals surface area contributed by atoms with Crippen molar-refractivity contribution < 1.29 is 4.74 Å². The van der Waals surface area contributed by atoms with Crippen LogP contribution in [0.3, 0.4) is 0 Å². The molecule has 82 valence electrons. The van der Waals surface area contributed by atoms with Gasteiger partial charge >= 0.3 is 0 Å². The molecule has 1 fully saturated rings. The highest BCUT2D eigenvalue weighted by Gasteiger charge is 2.26. The standard InChI is InChI=1S/C11H17N3O/c1-8-13-5-3-10(14-8)11(12-2)9-4-6-15-7-9/h3,5,9,11-12H,4,6-7H2,1-2H3. The molecule has 2 rings (SSSR count). The van der Waals surface area contributed by atoms with Crippen molar-refractivity contribution in [1.82, 2.24) is 15.3 Å². The number of nitrogens with zero attached hydrogens (tertiary/aromatic N) is 2. The second kappa shape index (κ2) is 4.68. The predicted octanol–water partition coefficient (Wildman–Crippen LogP) is 1.08. The third-order valence-electron chi connectivity index (χ3n) is 2.86. The second-order valence-electron chi connectivity index (χ2n) is 3.92. The Kier molecular flexibility index (Phi) is 3.28. The molecule has 1 aromatic rings. The van der Waals surface area contributed by atoms with E-state index in [0.717, 1.165) is 31.2 Å². The van der Waals surface area contributed by atoms with Crippen LogP contribution in [-0.2, 0) is 4.74 Å². The van der Waals surface area contributed by atoms with Crippen LogP contribution in [0.25, 0.3) is 0 Å². The first-order valence-corrected chi connectivity index (χ1v) is 5.36. The summed E-state index contributed by atoms with van der Waals surface area (Å²) in [6, 6.07) is 2.26. The van der Waals surface area contributed by atoms with Gasteiger partial charge in [0.05, 0.1) is 18.3 Å². The highest BCUT2D eigenvalue weighted by molar-refractivity contribution is 5.09. The largest absolute Gasteiger partial charge is 0.381 e. The molecule has 1 aliphatic rings. The Morgan fingerprint density at radius 1 is 1.60 bits per heavy atom. The lowest BCUT2D eigenvalue weighted by molar-refractivity contribution is 0.177. The summed E-state index contributed by atoms with van der Waals surface area (Å²) < 4.78 is 5.41. The first-order valence-electron chi connectivity index (χ1n) is 5.36. The maximum Gasteiger partial charge on any atom is 0.125 e. The van der Waals surface area contributed by atoms with Crippen molar-refractivity contribution >= 4 is 0 Å². The number of hydrogen-bond donors (Lipinski definition) is 1. The molecule has 0 radical (unpaired) electrons. The van der Waals surface area contributed by atoms with Crippen molar-refractivity contribution in [1.29, 1.82) is 0 Å². The van der Waals surface area contributed by atoms with Crippen molar-refractivity contribution in [3.8, 4) is 0 Å². The molecule has 2 unspecified atom stereocenters. The Balaban J connectivity index is 2.18. The van der Waals surface area contributed by atoms with E-state index >= 15 is 0 Å². The fourth-order valence-electron chi connectivity index (χ4n) is 2.09. The normalized spacial score (nSPS) is 22.9. The van der Waals surface area contributed by atoms with Crippen molar-refractivity contribution in [2.24, 2.45) is 5.92 Å². The van der Waals surface area contributed by atoms with Gasteiger partial charge in [-0.05, 0) is 26.5 Å². The van der Waals surface area contributed by atoms with Crippen molar-refractivity contribution in [3.63, 3.8) is 0 Å². The van der Waals surface area contributed by atoms with E-state index < -0.39 is 0 Å². The van der Waals surface area contributed by atoms with E-state index in [2.05, 4.69) is 15.3 Å². The van der Waals surface area contributed by atoms with Gasteiger partial charge in [-0.15, -0.1) is 0 Å². The van der Waals surface area contributed by atoms with Gasteiger partial charge in [0, 0.05) is 18.7 Å². The molecule has 1 aliphatic heterocycles. The molecular weight excluding hydrogens is 190 g/mol. The van der Waals surface area contributed by atoms with Crippen molar-refractivity contribution in [2.75, 3.05) is 20.3 Å². The molecule has 2 heterocycles. The van der Waals surface area contributed by atoms with Gasteiger partial charge in [0.1, 0.15) is 5.82 Å². The fraction of sp³-hybridized carbons (Fsp3) is 0.636. The van der Waals surface area contributed by atoms with Gasteiger partial charge in [-0.2, -0.15) is 0 Å². The summed E-state index contributed by atoms with van der Waals surface area (Å²) >= 11 is 0. The first-order chi connectivity index (χ1) is 7.31. The fourth-order valence-corrected chi connectivity index (χ4v) is 2.09. The molecule has 15 heavy (non-hydrogen) atoms. The van der Waals surface area contributed by atoms with E-state index in [1.165, 1.54) is 0 Å². The average molecular weight is 207 g/mol. The zero-order chi connectivity index (χ0) is 10.7. The number of aryl methyl sites for hydroxylation is 1. The lowest BCUT2D eigenvalue weighted by atomic mass is 9.96. The SMILES string of the molecule is CNC(c1ccnc(C)n1)C1CCOC1. The van der Waals surface area contributed by atoms with Crippen LogP contribution in [0.2, 0.25) is 0 Å². The summed E-state index contributed by atoms with van der Waals surface area (Å²) in [5.41, 5.74) is 1.07. The van der Waals surface area contributed by atoms with Gasteiger partial charge < -0.3 is 10.1 Å². The van der Waals surface area contributed by atoms with Gasteiger partial charge in [-0.3, -0.25) is 0 Å². The highest BCUT2D eigenvalue weighted by atomic mass is 16.5. The molecule has 2 atom stereocenters. The molecule has 0 saturated carbocycles. The van der Waals surface area contributed by atoms with Gasteiger partial charge in [0.2, 0.25) is 0 Å². The minimum absolute atomic E-state index is 0.286. The van der Waals surface area contributed by atoms with E-state index in [1.807, 2.05) is 26.2 Å². The third kappa shape index (κ3) is 2.33. The van der Waals surface area contributed by atoms with Crippen LogP contribution in [0, 0.1) is 12.8 Å². The molecule has 4 heteroatoms. The van der Waals surface area contributed by atoms with Gasteiger partial charge in [0.15, 0.2) is 0 Å². The Labute approximate surface area is 90.1 Å². The maximum absolute atomic E-state index is 5.41. The first kappa shape index (κ1) is 10.5. The van der Waals surface area contributed by atoms with Crippen LogP contribution in [-0.4, -0.2) is 30.2 Å². The molecule has 0 bridgehead atoms. The van der Waals surface area contributed by atoms with E-state index in [-0.39, 0.29) is 6.04 Å². The zero-order valence-electron chi connectivity index (χ0n) is 9.23. The predicted molar refractivity (Wildman–Crippen MR) is 57.5 cm³/mol. The van der Waals surface area contributed by atoms with Gasteiger partial charge in [-0.25, -0.2) is 9.97 Å². The molecule has 1 saturated heterocycles. The van der Waals surface area contributed by atoms with Crippen molar-refractivity contribution in [3.05, 3.63) is 23.8 Å². The zero-order valence-corrected chi connectivity index (χ0v) is 9.23. The second-order valence-corrected chi connectivity index (χ2v) is 3.92. The Morgan fingerprint density at radius 2 is 2.47 bits per heavy atom. The molecule has 0 aromatic carbocycles. The monoisotopic (exact) mass is 207 g/mol.